The number of rotatable bonds is 19. The quantitative estimate of drug-likeness (QED) is 0.107. The van der Waals surface area contributed by atoms with Crippen LogP contribution in [-0.4, -0.2) is 13.2 Å². The molecule has 0 aliphatic carbocycles. The van der Waals surface area contributed by atoms with E-state index in [2.05, 4.69) is 153 Å². The Labute approximate surface area is 320 Å². The van der Waals surface area contributed by atoms with Crippen LogP contribution >= 0.6 is 0 Å². The van der Waals surface area contributed by atoms with E-state index in [4.69, 9.17) is 9.47 Å². The lowest BCUT2D eigenvalue weighted by Crippen LogP contribution is -2.18. The number of fused-ring (bicyclic) bond motifs is 1. The molecule has 2 heteroatoms. The van der Waals surface area contributed by atoms with Crippen molar-refractivity contribution in [1.29, 1.82) is 0 Å². The molecule has 0 N–H and O–H groups in total. The summed E-state index contributed by atoms with van der Waals surface area (Å²) >= 11 is 0. The molecule has 0 heterocycles. The second-order valence-electron chi connectivity index (χ2n) is 16.2. The fourth-order valence-electron chi connectivity index (χ4n) is 6.81. The van der Waals surface area contributed by atoms with Crippen LogP contribution in [0.3, 0.4) is 0 Å². The molecule has 0 aromatic heterocycles. The van der Waals surface area contributed by atoms with Gasteiger partial charge in [-0.15, -0.1) is 0 Å². The summed E-state index contributed by atoms with van der Waals surface area (Å²) in [5.41, 5.74) is 20.7. The predicted molar refractivity (Wildman–Crippen MR) is 232 cm³/mol. The summed E-state index contributed by atoms with van der Waals surface area (Å²) < 4.78 is 13.4. The molecular weight excluding hydrogens is 633 g/mol. The van der Waals surface area contributed by atoms with Gasteiger partial charge in [-0.05, 0) is 205 Å². The van der Waals surface area contributed by atoms with Crippen molar-refractivity contribution < 1.29 is 9.47 Å². The maximum Gasteiger partial charge on any atom is 0.184 e. The van der Waals surface area contributed by atoms with Crippen molar-refractivity contribution in [2.24, 2.45) is 0 Å². The summed E-state index contributed by atoms with van der Waals surface area (Å²) in [4.78, 5) is 0. The van der Waals surface area contributed by atoms with Crippen LogP contribution in [0.1, 0.15) is 162 Å². The molecule has 2 aromatic carbocycles. The van der Waals surface area contributed by atoms with Crippen LogP contribution in [0.2, 0.25) is 0 Å². The minimum atomic E-state index is -0.470. The van der Waals surface area contributed by atoms with Crippen LogP contribution in [-0.2, 0) is 54.4 Å². The highest BCUT2D eigenvalue weighted by molar-refractivity contribution is 5.99. The molecule has 0 unspecified atom stereocenters. The zero-order chi connectivity index (χ0) is 39.1. The van der Waals surface area contributed by atoms with Gasteiger partial charge in [0.05, 0.1) is 0 Å². The lowest BCUT2D eigenvalue weighted by atomic mass is 9.75. The first-order valence-electron chi connectivity index (χ1n) is 19.9. The molecule has 0 saturated carbocycles. The minimum absolute atomic E-state index is 0.470. The highest BCUT2D eigenvalue weighted by atomic mass is 16.7. The van der Waals surface area contributed by atoms with Crippen LogP contribution in [0.4, 0.5) is 0 Å². The third kappa shape index (κ3) is 13.3. The fraction of sp³-hybridized carbons (Fsp3) is 0.520. The van der Waals surface area contributed by atoms with Crippen molar-refractivity contribution in [2.45, 2.75) is 162 Å². The van der Waals surface area contributed by atoms with Gasteiger partial charge >= 0.3 is 0 Å². The molecule has 0 spiro atoms. The molecule has 0 atom stereocenters. The first-order chi connectivity index (χ1) is 24.5. The highest BCUT2D eigenvalue weighted by Crippen LogP contribution is 2.45. The zero-order valence-electron chi connectivity index (χ0n) is 36.3. The molecule has 0 aliphatic heterocycles. The Morgan fingerprint density at radius 2 is 0.577 bits per heavy atom. The maximum absolute atomic E-state index is 6.69. The van der Waals surface area contributed by atoms with E-state index < -0.39 is 6.29 Å². The van der Waals surface area contributed by atoms with Gasteiger partial charge < -0.3 is 9.47 Å². The number of hydrogen-bond donors (Lipinski definition) is 0. The Kier molecular flexibility index (Phi) is 19.1. The van der Waals surface area contributed by atoms with Gasteiger partial charge in [0.1, 0.15) is 0 Å². The van der Waals surface area contributed by atoms with Crippen molar-refractivity contribution in [3.8, 4) is 0 Å². The van der Waals surface area contributed by atoms with E-state index >= 15 is 0 Å². The Hall–Kier alpha value is -3.20. The van der Waals surface area contributed by atoms with Gasteiger partial charge in [-0.1, -0.05) is 81.5 Å². The molecule has 0 amide bonds. The standard InChI is InChI=1S/C50H74O2/c1-17-51-50(52-18-2)49-46(32-25-39(15)16)42(28-21-35(7)8)44(30-23-37(11)12)47-43(29-22-36(9)10)40(26-19-33(3)4)41(27-20-34(5)6)45(48(47)49)31-24-38(13)14/h19-25,50H,17-18,26-32H2,1-16H3. The van der Waals surface area contributed by atoms with Crippen LogP contribution in [0.5, 0.6) is 0 Å². The number of ether oxygens (including phenoxy) is 2. The average Bonchev–Trinajstić information content (AvgIpc) is 3.04. The van der Waals surface area contributed by atoms with Crippen molar-refractivity contribution in [1.82, 2.24) is 0 Å². The van der Waals surface area contributed by atoms with E-state index in [1.165, 1.54) is 94.3 Å². The molecule has 0 bridgehead atoms. The first kappa shape index (κ1) is 45.0. The summed E-state index contributed by atoms with van der Waals surface area (Å²) in [6.45, 7) is 36.6. The van der Waals surface area contributed by atoms with Gasteiger partial charge in [0.15, 0.2) is 6.29 Å². The lowest BCUT2D eigenvalue weighted by Gasteiger charge is -2.31. The molecule has 0 saturated heterocycles. The van der Waals surface area contributed by atoms with E-state index in [1.54, 1.807) is 0 Å². The van der Waals surface area contributed by atoms with E-state index in [0.29, 0.717) is 13.2 Å². The van der Waals surface area contributed by atoms with Gasteiger partial charge in [-0.3, -0.25) is 0 Å². The van der Waals surface area contributed by atoms with E-state index in [0.717, 1.165) is 44.9 Å². The first-order valence-corrected chi connectivity index (χ1v) is 19.9. The summed E-state index contributed by atoms with van der Waals surface area (Å²) in [5.74, 6) is 0. The molecule has 2 nitrogen and oxygen atoms in total. The van der Waals surface area contributed by atoms with Gasteiger partial charge in [0.25, 0.3) is 0 Å². The average molecular weight is 707 g/mol. The second kappa shape index (κ2) is 22.1. The molecule has 52 heavy (non-hydrogen) atoms. The minimum Gasteiger partial charge on any atom is -0.349 e. The summed E-state index contributed by atoms with van der Waals surface area (Å²) in [5, 5.41) is 2.78. The van der Waals surface area contributed by atoms with Crippen molar-refractivity contribution in [3.63, 3.8) is 0 Å². The van der Waals surface area contributed by atoms with Crippen LogP contribution in [0, 0.1) is 0 Å². The molecule has 0 radical (unpaired) electrons. The van der Waals surface area contributed by atoms with Gasteiger partial charge in [-0.2, -0.15) is 0 Å². The SMILES string of the molecule is CCOC(OCC)c1c(CC=C(C)C)c(CC=C(C)C)c(CC=C(C)C)c2c(CC=C(C)C)c(CC=C(C)C)c(CC=C(C)C)c(CC=C(C)C)c12. The van der Waals surface area contributed by atoms with E-state index in [-0.39, 0.29) is 0 Å². The smallest absolute Gasteiger partial charge is 0.184 e. The normalized spacial score (nSPS) is 10.9. The summed E-state index contributed by atoms with van der Waals surface area (Å²) in [7, 11) is 0. The number of allylic oxidation sites excluding steroid dienone is 14. The topological polar surface area (TPSA) is 18.5 Å². The predicted octanol–water partition coefficient (Wildman–Crippen LogP) is 14.5. The van der Waals surface area contributed by atoms with Crippen molar-refractivity contribution in [3.05, 3.63) is 126 Å². The van der Waals surface area contributed by atoms with Crippen molar-refractivity contribution in [2.75, 3.05) is 13.2 Å². The number of benzene rings is 2. The largest absolute Gasteiger partial charge is 0.349 e. The molecule has 2 aromatic rings. The van der Waals surface area contributed by atoms with Gasteiger partial charge in [0, 0.05) is 18.8 Å². The molecule has 0 fully saturated rings. The van der Waals surface area contributed by atoms with Crippen LogP contribution < -0.4 is 0 Å². The van der Waals surface area contributed by atoms with Gasteiger partial charge in [-0.25, -0.2) is 0 Å². The monoisotopic (exact) mass is 707 g/mol. The third-order valence-electron chi connectivity index (χ3n) is 9.44. The maximum atomic E-state index is 6.69. The molecule has 0 aliphatic rings. The summed E-state index contributed by atoms with van der Waals surface area (Å²) in [6.07, 6.45) is 22.7. The second-order valence-corrected chi connectivity index (χ2v) is 16.2. The Bertz CT molecular complexity index is 1680. The van der Waals surface area contributed by atoms with Crippen molar-refractivity contribution >= 4 is 10.8 Å². The Balaban J connectivity index is 3.80. The molecule has 286 valence electrons. The lowest BCUT2D eigenvalue weighted by molar-refractivity contribution is -0.139. The van der Waals surface area contributed by atoms with E-state index in [9.17, 15) is 0 Å². The molecular formula is C50H74O2. The van der Waals surface area contributed by atoms with Crippen LogP contribution in [0.25, 0.3) is 10.8 Å². The Morgan fingerprint density at radius 1 is 0.346 bits per heavy atom. The highest BCUT2D eigenvalue weighted by Gasteiger charge is 2.30. The third-order valence-corrected chi connectivity index (χ3v) is 9.44. The van der Waals surface area contributed by atoms with Crippen LogP contribution in [0.15, 0.2) is 81.5 Å². The van der Waals surface area contributed by atoms with E-state index in [1.807, 2.05) is 0 Å². The Morgan fingerprint density at radius 3 is 0.846 bits per heavy atom. The fourth-order valence-corrected chi connectivity index (χ4v) is 6.81. The zero-order valence-corrected chi connectivity index (χ0v) is 36.3. The summed E-state index contributed by atoms with van der Waals surface area (Å²) in [6, 6.07) is 0. The molecule has 2 rings (SSSR count). The van der Waals surface area contributed by atoms with Gasteiger partial charge in [0.2, 0.25) is 0 Å². The number of hydrogen-bond acceptors (Lipinski definition) is 2.